The fourth-order valence-electron chi connectivity index (χ4n) is 1.87. The first-order chi connectivity index (χ1) is 8.66. The molecule has 0 amide bonds. The average Bonchev–Trinajstić information content (AvgIpc) is 2.40. The van der Waals surface area contributed by atoms with Crippen LogP contribution >= 0.6 is 0 Å². The number of nitrogens with two attached hydrogens (primary N) is 1. The van der Waals surface area contributed by atoms with E-state index in [1.54, 1.807) is 0 Å². The molecule has 2 heteroatoms. The Morgan fingerprint density at radius 2 is 1.56 bits per heavy atom. The third kappa shape index (κ3) is 3.11. The number of rotatable bonds is 4. The predicted molar refractivity (Wildman–Crippen MR) is 74.5 cm³/mol. The van der Waals surface area contributed by atoms with Crippen LogP contribution in [0.15, 0.2) is 54.6 Å². The molecule has 0 radical (unpaired) electrons. The molecule has 1 unspecified atom stereocenters. The number of ether oxygens (including phenoxy) is 1. The van der Waals surface area contributed by atoms with Crippen molar-refractivity contribution in [2.24, 2.45) is 5.73 Å². The lowest BCUT2D eigenvalue weighted by atomic mass is 10.1. The zero-order valence-electron chi connectivity index (χ0n) is 10.8. The van der Waals surface area contributed by atoms with Gasteiger partial charge in [-0.15, -0.1) is 0 Å². The van der Waals surface area contributed by atoms with Crippen LogP contribution in [0.25, 0.3) is 0 Å². The minimum absolute atomic E-state index is 0.0283. The summed E-state index contributed by atoms with van der Waals surface area (Å²) in [6.45, 7) is 4.02. The van der Waals surface area contributed by atoms with E-state index >= 15 is 0 Å². The van der Waals surface area contributed by atoms with E-state index in [9.17, 15) is 0 Å². The third-order valence-electron chi connectivity index (χ3n) is 2.97. The summed E-state index contributed by atoms with van der Waals surface area (Å²) in [6.07, 6.45) is 0.0366. The van der Waals surface area contributed by atoms with Crippen molar-refractivity contribution in [1.82, 2.24) is 0 Å². The molecule has 0 bridgehead atoms. The summed E-state index contributed by atoms with van der Waals surface area (Å²) < 4.78 is 5.94. The fraction of sp³-hybridized carbons (Fsp3) is 0.250. The van der Waals surface area contributed by atoms with Crippen molar-refractivity contribution in [3.8, 4) is 5.75 Å². The highest BCUT2D eigenvalue weighted by molar-refractivity contribution is 5.31. The summed E-state index contributed by atoms with van der Waals surface area (Å²) in [5, 5.41) is 0. The summed E-state index contributed by atoms with van der Waals surface area (Å²) in [5.74, 6) is 0.862. The first-order valence-electron chi connectivity index (χ1n) is 6.24. The third-order valence-corrected chi connectivity index (χ3v) is 2.97. The van der Waals surface area contributed by atoms with Crippen LogP contribution in [0.2, 0.25) is 0 Å². The molecule has 2 nitrogen and oxygen atoms in total. The summed E-state index contributed by atoms with van der Waals surface area (Å²) in [6, 6.07) is 18.2. The van der Waals surface area contributed by atoms with Crippen LogP contribution in [0.3, 0.4) is 0 Å². The van der Waals surface area contributed by atoms with Gasteiger partial charge in [-0.3, -0.25) is 0 Å². The zero-order valence-corrected chi connectivity index (χ0v) is 10.8. The van der Waals surface area contributed by atoms with Gasteiger partial charge in [-0.05, 0) is 37.1 Å². The van der Waals surface area contributed by atoms with Gasteiger partial charge in [-0.25, -0.2) is 0 Å². The van der Waals surface area contributed by atoms with Crippen LogP contribution in [-0.4, -0.2) is 0 Å². The van der Waals surface area contributed by atoms with Crippen LogP contribution in [0.5, 0.6) is 5.75 Å². The fourth-order valence-corrected chi connectivity index (χ4v) is 1.87. The number of hydrogen-bond acceptors (Lipinski definition) is 2. The maximum absolute atomic E-state index is 5.94. The Balaban J connectivity index is 2.12. The van der Waals surface area contributed by atoms with Gasteiger partial charge in [0.05, 0.1) is 0 Å². The van der Waals surface area contributed by atoms with E-state index in [-0.39, 0.29) is 12.1 Å². The topological polar surface area (TPSA) is 35.2 Å². The Morgan fingerprint density at radius 1 is 0.889 bits per heavy atom. The van der Waals surface area contributed by atoms with Gasteiger partial charge in [0.1, 0.15) is 11.9 Å². The van der Waals surface area contributed by atoms with Crippen molar-refractivity contribution in [3.05, 3.63) is 65.7 Å². The molecule has 2 aromatic rings. The van der Waals surface area contributed by atoms with E-state index in [1.165, 1.54) is 5.56 Å². The normalized spacial score (nSPS) is 13.9. The van der Waals surface area contributed by atoms with Crippen molar-refractivity contribution in [2.45, 2.75) is 26.0 Å². The molecular formula is C16H19NO. The van der Waals surface area contributed by atoms with Gasteiger partial charge in [0, 0.05) is 6.04 Å². The van der Waals surface area contributed by atoms with E-state index in [0.717, 1.165) is 11.3 Å². The summed E-state index contributed by atoms with van der Waals surface area (Å²) >= 11 is 0. The molecule has 2 aromatic carbocycles. The Kier molecular flexibility index (Phi) is 4.00. The smallest absolute Gasteiger partial charge is 0.121 e. The van der Waals surface area contributed by atoms with Crippen LogP contribution in [-0.2, 0) is 0 Å². The second-order valence-electron chi connectivity index (χ2n) is 4.53. The minimum Gasteiger partial charge on any atom is -0.486 e. The molecule has 0 spiro atoms. The highest BCUT2D eigenvalue weighted by Crippen LogP contribution is 2.23. The molecule has 0 saturated heterocycles. The van der Waals surface area contributed by atoms with Crippen LogP contribution in [0.4, 0.5) is 0 Å². The Hall–Kier alpha value is -1.80. The average molecular weight is 241 g/mol. The molecule has 0 aliphatic rings. The van der Waals surface area contributed by atoms with Gasteiger partial charge in [-0.2, -0.15) is 0 Å². The molecular weight excluding hydrogens is 222 g/mol. The standard InChI is InChI=1S/C16H19NO/c1-12(17)15-9-6-10-16(11-15)18-13(2)14-7-4-3-5-8-14/h3-13H,17H2,1-2H3/t12-,13?/m1/s1. The van der Waals surface area contributed by atoms with Crippen LogP contribution in [0, 0.1) is 0 Å². The van der Waals surface area contributed by atoms with Crippen molar-refractivity contribution in [1.29, 1.82) is 0 Å². The summed E-state index contributed by atoms with van der Waals surface area (Å²) in [5.41, 5.74) is 8.13. The summed E-state index contributed by atoms with van der Waals surface area (Å²) in [7, 11) is 0. The second-order valence-corrected chi connectivity index (χ2v) is 4.53. The second kappa shape index (κ2) is 5.69. The Bertz CT molecular complexity index is 493. The lowest BCUT2D eigenvalue weighted by Gasteiger charge is -2.16. The molecule has 0 heterocycles. The SMILES string of the molecule is CC(Oc1cccc([C@@H](C)N)c1)c1ccccc1. The van der Waals surface area contributed by atoms with Gasteiger partial charge in [0.15, 0.2) is 0 Å². The Morgan fingerprint density at radius 3 is 2.22 bits per heavy atom. The van der Waals surface area contributed by atoms with E-state index in [4.69, 9.17) is 10.5 Å². The van der Waals surface area contributed by atoms with Gasteiger partial charge in [0.25, 0.3) is 0 Å². The lowest BCUT2D eigenvalue weighted by Crippen LogP contribution is -2.06. The first-order valence-corrected chi connectivity index (χ1v) is 6.24. The van der Waals surface area contributed by atoms with Crippen LogP contribution in [0.1, 0.15) is 37.1 Å². The van der Waals surface area contributed by atoms with E-state index in [2.05, 4.69) is 12.1 Å². The van der Waals surface area contributed by atoms with Crippen molar-refractivity contribution < 1.29 is 4.74 Å². The predicted octanol–water partition coefficient (Wildman–Crippen LogP) is 3.85. The van der Waals surface area contributed by atoms with Crippen molar-refractivity contribution in [2.75, 3.05) is 0 Å². The van der Waals surface area contributed by atoms with Crippen LogP contribution < -0.4 is 10.5 Å². The molecule has 0 fully saturated rings. The largest absolute Gasteiger partial charge is 0.486 e. The minimum atomic E-state index is 0.0283. The number of hydrogen-bond donors (Lipinski definition) is 1. The van der Waals surface area contributed by atoms with Gasteiger partial charge in [0.2, 0.25) is 0 Å². The summed E-state index contributed by atoms with van der Waals surface area (Å²) in [4.78, 5) is 0. The molecule has 2 rings (SSSR count). The zero-order chi connectivity index (χ0) is 13.0. The van der Waals surface area contributed by atoms with E-state index in [0.29, 0.717) is 0 Å². The molecule has 0 aliphatic carbocycles. The molecule has 94 valence electrons. The van der Waals surface area contributed by atoms with E-state index in [1.807, 2.05) is 56.3 Å². The Labute approximate surface area is 108 Å². The lowest BCUT2D eigenvalue weighted by molar-refractivity contribution is 0.226. The number of benzene rings is 2. The van der Waals surface area contributed by atoms with Gasteiger partial charge in [-0.1, -0.05) is 42.5 Å². The highest BCUT2D eigenvalue weighted by atomic mass is 16.5. The molecule has 18 heavy (non-hydrogen) atoms. The monoisotopic (exact) mass is 241 g/mol. The highest BCUT2D eigenvalue weighted by Gasteiger charge is 2.07. The molecule has 2 N–H and O–H groups in total. The maximum atomic E-state index is 5.94. The van der Waals surface area contributed by atoms with Crippen molar-refractivity contribution >= 4 is 0 Å². The maximum Gasteiger partial charge on any atom is 0.121 e. The quantitative estimate of drug-likeness (QED) is 0.882. The van der Waals surface area contributed by atoms with Crippen molar-refractivity contribution in [3.63, 3.8) is 0 Å². The molecule has 0 saturated carbocycles. The van der Waals surface area contributed by atoms with E-state index < -0.39 is 0 Å². The molecule has 0 aliphatic heterocycles. The first kappa shape index (κ1) is 12.7. The molecule has 2 atom stereocenters. The van der Waals surface area contributed by atoms with Gasteiger partial charge >= 0.3 is 0 Å². The molecule has 0 aromatic heterocycles. The van der Waals surface area contributed by atoms with Gasteiger partial charge < -0.3 is 10.5 Å².